The first-order valence-corrected chi connectivity index (χ1v) is 32.2. The zero-order valence-electron chi connectivity index (χ0n) is 52.4. The third-order valence-corrected chi connectivity index (χ3v) is 16.7. The van der Waals surface area contributed by atoms with Crippen molar-refractivity contribution >= 4 is 149 Å². The van der Waals surface area contributed by atoms with Crippen molar-refractivity contribution in [1.29, 1.82) is 0 Å². The van der Waals surface area contributed by atoms with Crippen LogP contribution in [0.15, 0.2) is 163 Å². The maximum absolute atomic E-state index is 13.1. The molecular formula is C52H44N14Na6O20S6. The predicted molar refractivity (Wildman–Crippen MR) is 318 cm³/mol. The summed E-state index contributed by atoms with van der Waals surface area (Å²) in [6.07, 6.45) is 2.19. The molecule has 0 bridgehead atoms. The van der Waals surface area contributed by atoms with E-state index in [9.17, 15) is 64.3 Å². The van der Waals surface area contributed by atoms with Crippen LogP contribution in [0.5, 0.6) is 0 Å². The van der Waals surface area contributed by atoms with E-state index in [1.54, 1.807) is 65.6 Å². The van der Waals surface area contributed by atoms with Gasteiger partial charge in [-0.05, 0) is 82.9 Å². The Morgan fingerprint density at radius 1 is 0.459 bits per heavy atom. The molecular weight excluding hydrogens is 1470 g/mol. The molecule has 2 heterocycles. The molecule has 0 aliphatic carbocycles. The molecule has 0 fully saturated rings. The summed E-state index contributed by atoms with van der Waals surface area (Å²) in [5.74, 6) is -2.97. The van der Waals surface area contributed by atoms with Crippen molar-refractivity contribution in [3.63, 3.8) is 0 Å². The molecule has 46 heteroatoms. The minimum absolute atomic E-state index is 0. The van der Waals surface area contributed by atoms with Crippen molar-refractivity contribution < 1.29 is 270 Å². The van der Waals surface area contributed by atoms with Crippen LogP contribution in [0.4, 0.5) is 58.4 Å². The van der Waals surface area contributed by atoms with Crippen LogP contribution in [0, 0.1) is 0 Å². The minimum Gasteiger partial charge on any atom is -0.744 e. The van der Waals surface area contributed by atoms with Crippen molar-refractivity contribution in [1.82, 2.24) is 29.9 Å². The molecule has 2 aromatic heterocycles. The number of nitrogens with zero attached hydrogens (tertiary/aromatic N) is 8. The van der Waals surface area contributed by atoms with E-state index in [2.05, 4.69) is 79.3 Å². The van der Waals surface area contributed by atoms with E-state index in [1.165, 1.54) is 47.4 Å². The van der Waals surface area contributed by atoms with Gasteiger partial charge in [-0.3, -0.25) is 24.7 Å². The van der Waals surface area contributed by atoms with E-state index in [4.69, 9.17) is 11.5 Å². The summed E-state index contributed by atoms with van der Waals surface area (Å²) in [5.41, 5.74) is 12.0. The van der Waals surface area contributed by atoms with Crippen LogP contribution in [0.1, 0.15) is 35.1 Å². The topological polar surface area (TPSA) is 514 Å². The van der Waals surface area contributed by atoms with Crippen LogP contribution in [-0.2, 0) is 81.1 Å². The molecule has 34 nitrogen and oxygen atoms in total. The summed E-state index contributed by atoms with van der Waals surface area (Å²) in [6.45, 7) is 0.0320. The van der Waals surface area contributed by atoms with Crippen molar-refractivity contribution in [2.75, 3.05) is 44.2 Å². The summed E-state index contributed by atoms with van der Waals surface area (Å²) in [4.78, 5) is 51.9. The van der Waals surface area contributed by atoms with Gasteiger partial charge in [-0.15, -0.1) is 0 Å². The van der Waals surface area contributed by atoms with Crippen molar-refractivity contribution in [3.8, 4) is 0 Å². The molecule has 0 unspecified atom stereocenters. The first-order chi connectivity index (χ1) is 43.9. The van der Waals surface area contributed by atoms with E-state index in [0.717, 1.165) is 48.0 Å². The number of carbonyl (C=O) groups is 2. The van der Waals surface area contributed by atoms with Crippen molar-refractivity contribution in [3.05, 3.63) is 156 Å². The van der Waals surface area contributed by atoms with Gasteiger partial charge in [-0.2, -0.15) is 42.9 Å². The first kappa shape index (κ1) is 91.3. The zero-order chi connectivity index (χ0) is 66.0. The molecule has 0 atom stereocenters. The maximum Gasteiger partial charge on any atom is 1.00 e. The van der Waals surface area contributed by atoms with Gasteiger partial charge in [0.1, 0.15) is 30.4 Å². The average molecular weight is 1520 g/mol. The monoisotopic (exact) mass is 1510 g/mol. The molecule has 6 aromatic carbocycles. The van der Waals surface area contributed by atoms with Gasteiger partial charge in [0, 0.05) is 60.2 Å². The van der Waals surface area contributed by atoms with Gasteiger partial charge in [0.2, 0.25) is 47.5 Å². The van der Waals surface area contributed by atoms with E-state index >= 15 is 0 Å². The zero-order valence-corrected chi connectivity index (χ0v) is 69.3. The Morgan fingerprint density at radius 2 is 0.898 bits per heavy atom. The summed E-state index contributed by atoms with van der Waals surface area (Å²) in [5, 5.41) is 54.3. The number of anilines is 10. The maximum atomic E-state index is 13.1. The number of nitrogens with one attached hydrogen (secondary N) is 4. The van der Waals surface area contributed by atoms with Gasteiger partial charge >= 0.3 is 177 Å². The fraction of sp³-hybridized carbons (Fsp3) is 0.115. The SMILES string of the molecule is NC(=O)CCN(Cc1ccccc1)c1nc(Nc2ccc(C=Cc3ccc(Nc4nc(Nc5cc(SOO[O-])ccc5S(=O)(=O)[O-])nc(N(CCC(N)=O)Cc5ccccc5)n4)cc3S(=O)(=O)[O-])c(SOO[O-])c2)nc(Nc2cc(S(=O)(=O)[O-])ccc2SOO[O-])n1.[Na+].[Na+].[Na+].[Na+].[Na+].[Na+]. The van der Waals surface area contributed by atoms with Crippen LogP contribution in [0.3, 0.4) is 0 Å². The predicted octanol–water partition coefficient (Wildman–Crippen LogP) is -14.6. The largest absolute Gasteiger partial charge is 1.00 e. The van der Waals surface area contributed by atoms with E-state index in [0.29, 0.717) is 41.7 Å². The van der Waals surface area contributed by atoms with Crippen LogP contribution in [0.25, 0.3) is 12.2 Å². The quantitative estimate of drug-likeness (QED) is 0.00545. The first-order valence-electron chi connectivity index (χ1n) is 25.7. The molecule has 8 N–H and O–H groups in total. The minimum atomic E-state index is -5.35. The summed E-state index contributed by atoms with van der Waals surface area (Å²) < 4.78 is 126. The Labute approximate surface area is 705 Å². The number of nitrogens with two attached hydrogens (primary N) is 2. The Balaban J connectivity index is 0.00000544. The van der Waals surface area contributed by atoms with Crippen LogP contribution >= 0.6 is 36.1 Å². The average Bonchev–Trinajstić information content (AvgIpc) is 0.808. The molecule has 0 saturated carbocycles. The van der Waals surface area contributed by atoms with Crippen LogP contribution in [0.2, 0.25) is 0 Å². The normalized spacial score (nSPS) is 11.0. The number of aromatic nitrogens is 6. The van der Waals surface area contributed by atoms with Crippen LogP contribution in [-0.4, -0.2) is 93.7 Å². The fourth-order valence-corrected chi connectivity index (χ4v) is 11.3. The molecule has 2 amide bonds. The van der Waals surface area contributed by atoms with E-state index in [-0.39, 0.29) is 289 Å². The number of carbonyl (C=O) groups excluding carboxylic acids is 2. The molecule has 0 saturated heterocycles. The van der Waals surface area contributed by atoms with Crippen molar-refractivity contribution in [2.45, 2.75) is 55.3 Å². The molecule has 0 radical (unpaired) electrons. The van der Waals surface area contributed by atoms with Crippen LogP contribution < -0.4 is 236 Å². The Hall–Kier alpha value is -2.76. The van der Waals surface area contributed by atoms with Gasteiger partial charge < -0.3 is 72.0 Å². The number of hydrogen-bond acceptors (Lipinski definition) is 35. The van der Waals surface area contributed by atoms with Gasteiger partial charge in [0.15, 0.2) is 0 Å². The number of hydrogen-bond donors (Lipinski definition) is 6. The second kappa shape index (κ2) is 44.1. The number of rotatable bonds is 34. The van der Waals surface area contributed by atoms with Gasteiger partial charge in [0.25, 0.3) is 0 Å². The molecule has 0 spiro atoms. The molecule has 98 heavy (non-hydrogen) atoms. The standard InChI is InChI=1S/C52H50N14O20S6.6Na/c53-45(67)21-23-65(29-31-7-3-1-4-8-31)51-61-47(59-49(63-51)57-39-28-38(90(72,73)74)18-19-41(39)88-85-82-70)55-35-15-13-33(42(25-35)89-86-83-71)11-12-34-14-16-36(26-44(34)92(78,79)80)56-48-60-50(58-40-27-37(87-84-81-69)17-20-43(40)91(75,76)77)64-52(62-48)66(24-22-46(54)68)30-32-9-5-2-6-10-32;;;;;;/h1-20,25-28,69-71H,21-24,29-30H2,(H2,53,67)(H2,54,68)(H,72,73,74)(H,75,76,77)(H,78,79,80)(H2,55,57,59,61,63)(H2,56,58,60,62,64);;;;;;/q;6*+1/p-6. The summed E-state index contributed by atoms with van der Waals surface area (Å²) >= 11 is 1.10. The summed E-state index contributed by atoms with van der Waals surface area (Å²) in [6, 6.07) is 31.7. The molecule has 8 aromatic rings. The van der Waals surface area contributed by atoms with Gasteiger partial charge in [-0.25, -0.2) is 25.3 Å². The van der Waals surface area contributed by atoms with Crippen molar-refractivity contribution in [2.24, 2.45) is 11.5 Å². The Bertz CT molecular complexity index is 4350. The van der Waals surface area contributed by atoms with E-state index in [1.807, 2.05) is 0 Å². The number of primary amides is 2. The molecule has 8 rings (SSSR count). The van der Waals surface area contributed by atoms with E-state index < -0.39 is 68.5 Å². The molecule has 0 aliphatic heterocycles. The second-order valence-electron chi connectivity index (χ2n) is 18.5. The van der Waals surface area contributed by atoms with Gasteiger partial charge in [0.05, 0.1) is 67.1 Å². The number of benzene rings is 6. The Kier molecular flexibility index (Phi) is 41.1. The van der Waals surface area contributed by atoms with Gasteiger partial charge in [-0.1, -0.05) is 84.9 Å². The second-order valence-corrected chi connectivity index (χ2v) is 24.8. The summed E-state index contributed by atoms with van der Waals surface area (Å²) in [7, 11) is -15.6. The third-order valence-electron chi connectivity index (χ3n) is 12.2. The smallest absolute Gasteiger partial charge is 0.744 e. The molecule has 484 valence electrons. The Morgan fingerprint density at radius 3 is 1.37 bits per heavy atom. The molecule has 0 aliphatic rings. The third kappa shape index (κ3) is 28.7. The number of amides is 2. The fourth-order valence-electron chi connectivity index (χ4n) is 8.17.